The molecule has 0 radical (unpaired) electrons. The lowest BCUT2D eigenvalue weighted by Crippen LogP contribution is -2.80. The zero-order valence-corrected chi connectivity index (χ0v) is 7.71. The number of hydrogen-bond acceptors (Lipinski definition) is 3. The third-order valence-corrected chi connectivity index (χ3v) is 2.56. The zero-order valence-electron chi connectivity index (χ0n) is 7.71. The number of hydrogen-bond donors (Lipinski definition) is 2. The zero-order chi connectivity index (χ0) is 9.78. The Bertz CT molecular complexity index is 215. The van der Waals surface area contributed by atoms with E-state index in [0.29, 0.717) is 0 Å². The summed E-state index contributed by atoms with van der Waals surface area (Å²) in [6, 6.07) is 0. The van der Waals surface area contributed by atoms with E-state index in [1.165, 1.54) is 0 Å². The van der Waals surface area contributed by atoms with Crippen LogP contribution in [-0.2, 0) is 9.53 Å². The SMILES string of the molecule is CC1(C)OC(C)(C)C1(O)C(=O)O. The smallest absolute Gasteiger partial charge is 0.341 e. The first-order chi connectivity index (χ1) is 5.15. The summed E-state index contributed by atoms with van der Waals surface area (Å²) in [5, 5.41) is 18.7. The second kappa shape index (κ2) is 2.00. The van der Waals surface area contributed by atoms with Crippen LogP contribution in [0.1, 0.15) is 27.7 Å². The Morgan fingerprint density at radius 2 is 1.50 bits per heavy atom. The predicted octanol–water partition coefficient (Wildman–Crippen LogP) is 0.389. The van der Waals surface area contributed by atoms with Crippen LogP contribution in [0.25, 0.3) is 0 Å². The Kier molecular flexibility index (Phi) is 1.58. The summed E-state index contributed by atoms with van der Waals surface area (Å²) in [7, 11) is 0. The molecule has 1 aliphatic heterocycles. The quantitative estimate of drug-likeness (QED) is 0.603. The fraction of sp³-hybridized carbons (Fsp3) is 0.875. The average Bonchev–Trinajstić information content (AvgIpc) is 1.82. The van der Waals surface area contributed by atoms with Crippen molar-refractivity contribution >= 4 is 5.97 Å². The van der Waals surface area contributed by atoms with Crippen LogP contribution in [-0.4, -0.2) is 33.0 Å². The highest BCUT2D eigenvalue weighted by molar-refractivity contribution is 5.82. The molecule has 0 aromatic heterocycles. The van der Waals surface area contributed by atoms with Crippen molar-refractivity contribution in [1.82, 2.24) is 0 Å². The van der Waals surface area contributed by atoms with Crippen molar-refractivity contribution in [3.05, 3.63) is 0 Å². The van der Waals surface area contributed by atoms with Crippen molar-refractivity contribution in [3.8, 4) is 0 Å². The summed E-state index contributed by atoms with van der Waals surface area (Å²) in [6.07, 6.45) is 0. The lowest BCUT2D eigenvalue weighted by atomic mass is 9.67. The molecule has 1 aliphatic rings. The summed E-state index contributed by atoms with van der Waals surface area (Å²) >= 11 is 0. The van der Waals surface area contributed by atoms with E-state index in [1.54, 1.807) is 27.7 Å². The molecule has 0 atom stereocenters. The second-order valence-corrected chi connectivity index (χ2v) is 4.14. The average molecular weight is 174 g/mol. The van der Waals surface area contributed by atoms with Crippen molar-refractivity contribution in [3.63, 3.8) is 0 Å². The van der Waals surface area contributed by atoms with Gasteiger partial charge in [0.2, 0.25) is 5.60 Å². The predicted molar refractivity (Wildman–Crippen MR) is 41.8 cm³/mol. The molecule has 0 amide bonds. The van der Waals surface area contributed by atoms with E-state index in [0.717, 1.165) is 0 Å². The molecule has 1 rings (SSSR count). The number of aliphatic carboxylic acids is 1. The number of ether oxygens (including phenoxy) is 1. The van der Waals surface area contributed by atoms with Crippen LogP contribution >= 0.6 is 0 Å². The van der Waals surface area contributed by atoms with Gasteiger partial charge in [0, 0.05) is 0 Å². The second-order valence-electron chi connectivity index (χ2n) is 4.14. The van der Waals surface area contributed by atoms with Gasteiger partial charge in [0.25, 0.3) is 0 Å². The Balaban J connectivity index is 3.07. The van der Waals surface area contributed by atoms with Crippen molar-refractivity contribution < 1.29 is 19.7 Å². The summed E-state index contributed by atoms with van der Waals surface area (Å²) in [5.41, 5.74) is -3.81. The summed E-state index contributed by atoms with van der Waals surface area (Å²) < 4.78 is 5.26. The van der Waals surface area contributed by atoms with Crippen molar-refractivity contribution in [1.29, 1.82) is 0 Å². The lowest BCUT2D eigenvalue weighted by Gasteiger charge is -2.60. The van der Waals surface area contributed by atoms with Crippen molar-refractivity contribution in [2.45, 2.75) is 44.5 Å². The number of rotatable bonds is 1. The van der Waals surface area contributed by atoms with Gasteiger partial charge in [-0.05, 0) is 27.7 Å². The van der Waals surface area contributed by atoms with E-state index in [-0.39, 0.29) is 0 Å². The van der Waals surface area contributed by atoms with Crippen LogP contribution < -0.4 is 0 Å². The highest BCUT2D eigenvalue weighted by atomic mass is 16.6. The number of carbonyl (C=O) groups is 1. The summed E-state index contributed by atoms with van der Waals surface area (Å²) in [4.78, 5) is 10.8. The standard InChI is InChI=1S/C8H14O4/c1-6(2)8(11,5(9)10)7(3,4)12-6/h11H,1-4H3,(H,9,10). The normalized spacial score (nSPS) is 29.1. The Labute approximate surface area is 71.2 Å². The first-order valence-corrected chi connectivity index (χ1v) is 3.81. The molecule has 0 aliphatic carbocycles. The molecule has 0 bridgehead atoms. The molecule has 1 heterocycles. The number of carboxylic acids is 1. The maximum atomic E-state index is 10.8. The summed E-state index contributed by atoms with van der Waals surface area (Å²) in [6.45, 7) is 6.25. The van der Waals surface area contributed by atoms with E-state index in [9.17, 15) is 9.90 Å². The Morgan fingerprint density at radius 3 is 1.58 bits per heavy atom. The Morgan fingerprint density at radius 1 is 1.17 bits per heavy atom. The molecule has 4 heteroatoms. The van der Waals surface area contributed by atoms with Crippen LogP contribution in [0.3, 0.4) is 0 Å². The molecule has 12 heavy (non-hydrogen) atoms. The molecule has 0 spiro atoms. The molecular formula is C8H14O4. The van der Waals surface area contributed by atoms with Gasteiger partial charge < -0.3 is 14.9 Å². The highest BCUT2D eigenvalue weighted by Gasteiger charge is 2.71. The minimum absolute atomic E-state index is 1.01. The maximum absolute atomic E-state index is 10.8. The topological polar surface area (TPSA) is 66.8 Å². The third-order valence-electron chi connectivity index (χ3n) is 2.56. The molecule has 0 unspecified atom stereocenters. The summed E-state index contributed by atoms with van der Waals surface area (Å²) in [5.74, 6) is -1.23. The molecule has 0 aromatic rings. The molecule has 70 valence electrons. The van der Waals surface area contributed by atoms with Gasteiger partial charge in [-0.25, -0.2) is 4.79 Å². The fourth-order valence-corrected chi connectivity index (χ4v) is 1.98. The third kappa shape index (κ3) is 0.765. The van der Waals surface area contributed by atoms with Gasteiger partial charge in [0.05, 0.1) is 0 Å². The van der Waals surface area contributed by atoms with Gasteiger partial charge >= 0.3 is 5.97 Å². The van der Waals surface area contributed by atoms with Gasteiger partial charge in [-0.2, -0.15) is 0 Å². The van der Waals surface area contributed by atoms with E-state index in [4.69, 9.17) is 9.84 Å². The van der Waals surface area contributed by atoms with Gasteiger partial charge in [-0.1, -0.05) is 0 Å². The van der Waals surface area contributed by atoms with Gasteiger partial charge in [-0.3, -0.25) is 0 Å². The van der Waals surface area contributed by atoms with Crippen LogP contribution in [0.15, 0.2) is 0 Å². The van der Waals surface area contributed by atoms with E-state index < -0.39 is 22.8 Å². The number of aliphatic hydroxyl groups is 1. The van der Waals surface area contributed by atoms with Crippen LogP contribution in [0.4, 0.5) is 0 Å². The van der Waals surface area contributed by atoms with Gasteiger partial charge in [0.1, 0.15) is 11.2 Å². The highest BCUT2D eigenvalue weighted by Crippen LogP contribution is 2.50. The molecule has 0 aromatic carbocycles. The van der Waals surface area contributed by atoms with Crippen LogP contribution in [0, 0.1) is 0 Å². The van der Waals surface area contributed by atoms with Crippen LogP contribution in [0.5, 0.6) is 0 Å². The first kappa shape index (κ1) is 9.48. The van der Waals surface area contributed by atoms with E-state index >= 15 is 0 Å². The molecule has 0 saturated carbocycles. The molecule has 1 fully saturated rings. The fourth-order valence-electron chi connectivity index (χ4n) is 1.98. The first-order valence-electron chi connectivity index (χ1n) is 3.81. The van der Waals surface area contributed by atoms with Crippen molar-refractivity contribution in [2.75, 3.05) is 0 Å². The maximum Gasteiger partial charge on any atom is 0.341 e. The minimum atomic E-state index is -1.79. The van der Waals surface area contributed by atoms with E-state index in [1.807, 2.05) is 0 Å². The number of carboxylic acid groups (broad SMARTS) is 1. The minimum Gasteiger partial charge on any atom is -0.479 e. The molecular weight excluding hydrogens is 160 g/mol. The monoisotopic (exact) mass is 174 g/mol. The molecule has 4 nitrogen and oxygen atoms in total. The molecule has 2 N–H and O–H groups in total. The van der Waals surface area contributed by atoms with Crippen LogP contribution in [0.2, 0.25) is 0 Å². The lowest BCUT2D eigenvalue weighted by molar-refractivity contribution is -0.367. The Hall–Kier alpha value is -0.610. The van der Waals surface area contributed by atoms with Gasteiger partial charge in [-0.15, -0.1) is 0 Å². The largest absolute Gasteiger partial charge is 0.479 e. The van der Waals surface area contributed by atoms with Crippen molar-refractivity contribution in [2.24, 2.45) is 0 Å². The van der Waals surface area contributed by atoms with E-state index in [2.05, 4.69) is 0 Å². The molecule has 1 saturated heterocycles. The van der Waals surface area contributed by atoms with Gasteiger partial charge in [0.15, 0.2) is 0 Å².